The monoisotopic (exact) mass is 1450 g/mol. The molecule has 21 heteroatoms. The Bertz CT molecular complexity index is 424. The molecule has 0 aliphatic rings. The van der Waals surface area contributed by atoms with Crippen LogP contribution in [0.15, 0.2) is 0 Å². The van der Waals surface area contributed by atoms with E-state index in [1.165, 1.54) is 0 Å². The summed E-state index contributed by atoms with van der Waals surface area (Å²) in [6.45, 7) is 0. The molecule has 0 spiro atoms. The molecule has 0 saturated carbocycles. The van der Waals surface area contributed by atoms with Crippen molar-refractivity contribution in [3.05, 3.63) is 0 Å². The van der Waals surface area contributed by atoms with Gasteiger partial charge in [0.05, 0.1) is 0 Å². The quantitative estimate of drug-likeness (QED) is 0.212. The molecule has 0 nitrogen and oxygen atoms in total. The molecule has 0 aromatic heterocycles. The Morgan fingerprint density at radius 1 is 0.238 bits per heavy atom. The summed E-state index contributed by atoms with van der Waals surface area (Å²) in [6, 6.07) is 0. The maximum absolute atomic E-state index is 7.58. The summed E-state index contributed by atoms with van der Waals surface area (Å²) in [4.78, 5) is 0. The zero-order valence-corrected chi connectivity index (χ0v) is 59.3. The van der Waals surface area contributed by atoms with Crippen molar-refractivity contribution in [1.29, 1.82) is 0 Å². The van der Waals surface area contributed by atoms with Crippen LogP contribution in [0.2, 0.25) is 0 Å². The summed E-state index contributed by atoms with van der Waals surface area (Å²) in [5, 5.41) is 0. The van der Waals surface area contributed by atoms with E-state index in [1.54, 1.807) is 0 Å². The van der Waals surface area contributed by atoms with Gasteiger partial charge in [-0.25, -0.2) is 0 Å². The first-order valence-corrected chi connectivity index (χ1v) is 64.3. The molecule has 0 aromatic rings. The second-order valence-electron chi connectivity index (χ2n) is 3.14. The average molecular weight is 1460 g/mol. The van der Waals surface area contributed by atoms with Crippen LogP contribution in [-0.2, 0) is -18.3 Å². The van der Waals surface area contributed by atoms with E-state index in [4.69, 9.17) is 0 Å². The van der Waals surface area contributed by atoms with Crippen molar-refractivity contribution in [2.24, 2.45) is 0 Å². The summed E-state index contributed by atoms with van der Waals surface area (Å²) in [5.74, 6) is 0. The molecule has 0 N–H and O–H groups in total. The van der Waals surface area contributed by atoms with Crippen LogP contribution in [0, 0.1) is 0 Å². The van der Waals surface area contributed by atoms with Crippen molar-refractivity contribution in [3.63, 3.8) is 0 Å². The van der Waals surface area contributed by atoms with Gasteiger partial charge in [-0.15, -0.1) is 0 Å². The van der Waals surface area contributed by atoms with Crippen molar-refractivity contribution < 1.29 is 393 Å². The predicted octanol–water partition coefficient (Wildman–Crippen LogP) is -13.8. The van der Waals surface area contributed by atoms with Gasteiger partial charge in [-0.1, -0.05) is 0 Å². The van der Waals surface area contributed by atoms with Gasteiger partial charge in [-0.05, 0) is 0 Å². The molecule has 0 bridgehead atoms. The second kappa shape index (κ2) is 8.01. The third kappa shape index (κ3) is 146. The predicted molar refractivity (Wildman–Crippen MR) is 107 cm³/mol. The molecule has 101 valence electrons. The van der Waals surface area contributed by atoms with Gasteiger partial charge in [-0.2, -0.15) is 0 Å². The van der Waals surface area contributed by atoms with Crippen LogP contribution in [-0.4, -0.2) is 0 Å². The largest absolute Gasteiger partial charge is 1.00 e. The van der Waals surface area contributed by atoms with E-state index < -0.39 is -18.3 Å². The molecule has 0 aliphatic heterocycles. The molecule has 0 aliphatic carbocycles. The minimum absolute atomic E-state index is 0. The number of hydrogen-bond acceptors (Lipinski definition) is 0. The van der Waals surface area contributed by atoms with Crippen molar-refractivity contribution in [2.75, 3.05) is 0 Å². The fourth-order valence-corrected chi connectivity index (χ4v) is 0. The van der Waals surface area contributed by atoms with Crippen LogP contribution >= 0.6 is 162 Å². The normalized spacial score (nSPS) is 29.1. The maximum atomic E-state index is 3.40. The third-order valence-electron chi connectivity index (χ3n) is 0. The zero-order valence-electron chi connectivity index (χ0n) is 12.9. The van der Waals surface area contributed by atoms with E-state index in [0.29, 0.717) is 0 Å². The van der Waals surface area contributed by atoms with E-state index in [-0.39, 0.29) is 411 Å². The SMILES string of the molecule is [Br][Ir-8]([Br])([Br])([Br])([Br])([Br])([Br])([Br])([Br])([Br])([Br])[Br].[K+].[K+].[K+].[K+].[K+].[K+].[K+].[K+]. The van der Waals surface area contributed by atoms with Gasteiger partial charge in [0.15, 0.2) is 0 Å². The van der Waals surface area contributed by atoms with Crippen LogP contribution in [0.5, 0.6) is 0 Å². The Morgan fingerprint density at radius 2 is 0.238 bits per heavy atom. The molecular weight excluding hydrogens is 1460 g/mol. The number of halogens is 12. The van der Waals surface area contributed by atoms with Crippen LogP contribution in [0.3, 0.4) is 0 Å². The molecule has 0 fully saturated rings. The summed E-state index contributed by atoms with van der Waals surface area (Å²) in [5.41, 5.74) is 0. The number of rotatable bonds is 0. The topological polar surface area (TPSA) is 0 Å². The summed E-state index contributed by atoms with van der Waals surface area (Å²) in [6.07, 6.45) is 0. The maximum Gasteiger partial charge on any atom is 1.00 e. The molecule has 0 unspecified atom stereocenters. The van der Waals surface area contributed by atoms with Crippen molar-refractivity contribution in [2.45, 2.75) is 0 Å². The van der Waals surface area contributed by atoms with Crippen molar-refractivity contribution >= 4 is 162 Å². The Kier molecular flexibility index (Phi) is 24.3. The second-order valence-corrected chi connectivity index (χ2v) is 695. The van der Waals surface area contributed by atoms with Crippen molar-refractivity contribution in [3.8, 4) is 0 Å². The van der Waals surface area contributed by atoms with Gasteiger partial charge < -0.3 is 0 Å². The van der Waals surface area contributed by atoms with E-state index in [0.717, 1.165) is 0 Å². The molecule has 21 heavy (non-hydrogen) atoms. The van der Waals surface area contributed by atoms with Crippen molar-refractivity contribution in [1.82, 2.24) is 0 Å². The van der Waals surface area contributed by atoms with Gasteiger partial charge in [0, 0.05) is 0 Å². The van der Waals surface area contributed by atoms with Gasteiger partial charge in [0.25, 0.3) is 0 Å². The fraction of sp³-hybridized carbons (Fsp3) is 0. The van der Waals surface area contributed by atoms with Crippen LogP contribution in [0.25, 0.3) is 0 Å². The summed E-state index contributed by atoms with van der Waals surface area (Å²) < 4.78 is -7.58. The van der Waals surface area contributed by atoms with E-state index in [9.17, 15) is 0 Å². The first-order valence-electron chi connectivity index (χ1n) is 1.51. The number of hydrogen-bond donors (Lipinski definition) is 0. The van der Waals surface area contributed by atoms with Gasteiger partial charge in [-0.3, -0.25) is 0 Å². The third-order valence-corrected chi connectivity index (χ3v) is 0. The summed E-state index contributed by atoms with van der Waals surface area (Å²) in [7, 11) is 0. The molecule has 0 aromatic carbocycles. The van der Waals surface area contributed by atoms with Crippen LogP contribution < -0.4 is 411 Å². The first kappa shape index (κ1) is 63.7. The van der Waals surface area contributed by atoms with Crippen LogP contribution in [0.4, 0.5) is 0 Å². The minimum atomic E-state index is -7.58. The van der Waals surface area contributed by atoms with E-state index >= 15 is 0 Å². The molecule has 0 heterocycles. The van der Waals surface area contributed by atoms with Gasteiger partial charge >= 0.3 is 555 Å². The minimum Gasteiger partial charge on any atom is 1.00 e. The Hall–Kier alpha value is 19.5. The molecule has 0 rings (SSSR count). The molecule has 0 saturated heterocycles. The Balaban J connectivity index is -0.0000000257. The molecule has 0 amide bonds. The van der Waals surface area contributed by atoms with Crippen LogP contribution in [0.1, 0.15) is 0 Å². The smallest absolute Gasteiger partial charge is 1.00 e. The van der Waals surface area contributed by atoms with E-state index in [1.807, 2.05) is 0 Å². The van der Waals surface area contributed by atoms with E-state index in [2.05, 4.69) is 162 Å². The molecule has 0 radical (unpaired) electrons. The van der Waals surface area contributed by atoms with Gasteiger partial charge in [0.1, 0.15) is 0 Å². The molecule has 0 atom stereocenters. The Labute approximate surface area is 530 Å². The Morgan fingerprint density at radius 3 is 0.238 bits per heavy atom. The first-order chi connectivity index (χ1) is 3.46. The summed E-state index contributed by atoms with van der Waals surface area (Å²) >= 11 is 40.8. The zero-order chi connectivity index (χ0) is 12.3. The fourth-order valence-electron chi connectivity index (χ4n) is 0. The molecular formula is Br12IrK8. The standard InChI is InChI=1S/12BrH.Ir.8K/h12*1H;;;;;;;;;/q;;;;;;;;;;;;+4;8*+1/p-12. The van der Waals surface area contributed by atoms with Gasteiger partial charge in [0.2, 0.25) is 0 Å². The average Bonchev–Trinajstić information content (AvgIpc) is 0.391.